The summed E-state index contributed by atoms with van der Waals surface area (Å²) in [7, 11) is 0. The summed E-state index contributed by atoms with van der Waals surface area (Å²) < 4.78 is 0. The first kappa shape index (κ1) is 11.1. The van der Waals surface area contributed by atoms with Gasteiger partial charge < -0.3 is 0 Å². The van der Waals surface area contributed by atoms with E-state index in [0.717, 1.165) is 25.7 Å². The van der Waals surface area contributed by atoms with Gasteiger partial charge >= 0.3 is 0 Å². The maximum atomic E-state index is 11.9. The van der Waals surface area contributed by atoms with E-state index in [4.69, 9.17) is 0 Å². The lowest BCUT2D eigenvalue weighted by molar-refractivity contribution is -0.123. The van der Waals surface area contributed by atoms with E-state index >= 15 is 0 Å². The van der Waals surface area contributed by atoms with Crippen LogP contribution in [-0.4, -0.2) is 5.78 Å². The molecule has 1 atom stereocenters. The lowest BCUT2D eigenvalue weighted by Gasteiger charge is -2.16. The van der Waals surface area contributed by atoms with Crippen molar-refractivity contribution in [3.8, 4) is 0 Å². The lowest BCUT2D eigenvalue weighted by atomic mass is 9.87. The molecule has 0 bridgehead atoms. The van der Waals surface area contributed by atoms with Crippen molar-refractivity contribution in [2.45, 2.75) is 32.1 Å². The lowest BCUT2D eigenvalue weighted by Crippen LogP contribution is -2.17. The summed E-state index contributed by atoms with van der Waals surface area (Å²) in [5.74, 6) is 0.667. The van der Waals surface area contributed by atoms with Crippen LogP contribution in [0.4, 0.5) is 0 Å². The van der Waals surface area contributed by atoms with Crippen LogP contribution < -0.4 is 0 Å². The molecule has 0 unspecified atom stereocenters. The van der Waals surface area contributed by atoms with Crippen LogP contribution >= 0.6 is 0 Å². The van der Waals surface area contributed by atoms with E-state index in [2.05, 4.69) is 24.3 Å². The fraction of sp³-hybridized carbons (Fsp3) is 0.400. The number of carbonyl (C=O) groups excluding carboxylic acids is 1. The summed E-state index contributed by atoms with van der Waals surface area (Å²) in [6.07, 6.45) is 8.94. The highest BCUT2D eigenvalue weighted by Crippen LogP contribution is 2.20. The van der Waals surface area contributed by atoms with Crippen molar-refractivity contribution in [3.63, 3.8) is 0 Å². The molecule has 0 fully saturated rings. The van der Waals surface area contributed by atoms with Crippen LogP contribution in [0.1, 0.15) is 31.2 Å². The van der Waals surface area contributed by atoms with Crippen LogP contribution in [0.15, 0.2) is 42.5 Å². The minimum atomic E-state index is 0.229. The first-order chi connectivity index (χ1) is 7.86. The maximum absolute atomic E-state index is 11.9. The molecule has 0 heterocycles. The molecule has 0 N–H and O–H groups in total. The standard InChI is InChI=1S/C15H18O/c16-15-11-7-2-1-6-10-14(15)12-13-8-4-3-5-9-13/h1-5,8-9,14H,6-7,10-12H2/b2-1+/t14-/m0/s1. The third-order valence-electron chi connectivity index (χ3n) is 3.19. The molecule has 1 heteroatoms. The van der Waals surface area contributed by atoms with Gasteiger partial charge in [-0.05, 0) is 31.2 Å². The molecule has 0 saturated carbocycles. The number of Topliss-reactive ketones (excluding diaryl/α,β-unsaturated/α-hetero) is 1. The average molecular weight is 214 g/mol. The summed E-state index contributed by atoms with van der Waals surface area (Å²) in [4.78, 5) is 11.9. The quantitative estimate of drug-likeness (QED) is 0.688. The number of hydrogen-bond acceptors (Lipinski definition) is 1. The van der Waals surface area contributed by atoms with Crippen LogP contribution in [0.3, 0.4) is 0 Å². The van der Waals surface area contributed by atoms with Gasteiger partial charge in [0.15, 0.2) is 0 Å². The van der Waals surface area contributed by atoms with Gasteiger partial charge in [0.2, 0.25) is 0 Å². The third-order valence-corrected chi connectivity index (χ3v) is 3.19. The van der Waals surface area contributed by atoms with Crippen molar-refractivity contribution < 1.29 is 4.79 Å². The van der Waals surface area contributed by atoms with Crippen molar-refractivity contribution in [1.82, 2.24) is 0 Å². The second-order valence-electron chi connectivity index (χ2n) is 4.44. The molecule has 0 saturated heterocycles. The summed E-state index contributed by atoms with van der Waals surface area (Å²) >= 11 is 0. The number of allylic oxidation sites excluding steroid dienone is 2. The largest absolute Gasteiger partial charge is 0.299 e. The number of benzene rings is 1. The van der Waals surface area contributed by atoms with E-state index in [1.54, 1.807) is 0 Å². The Hall–Kier alpha value is -1.37. The predicted octanol–water partition coefficient (Wildman–Crippen LogP) is 3.54. The summed E-state index contributed by atoms with van der Waals surface area (Å²) in [5.41, 5.74) is 1.28. The van der Waals surface area contributed by atoms with Gasteiger partial charge in [0.1, 0.15) is 5.78 Å². The summed E-state index contributed by atoms with van der Waals surface area (Å²) in [5, 5.41) is 0. The highest BCUT2D eigenvalue weighted by molar-refractivity contribution is 5.81. The molecule has 0 spiro atoms. The predicted molar refractivity (Wildman–Crippen MR) is 66.3 cm³/mol. The molecule has 1 aromatic carbocycles. The Morgan fingerprint density at radius 1 is 1.06 bits per heavy atom. The molecular weight excluding hydrogens is 196 g/mol. The highest BCUT2D eigenvalue weighted by atomic mass is 16.1. The van der Waals surface area contributed by atoms with Gasteiger partial charge in [-0.15, -0.1) is 0 Å². The Labute approximate surface area is 97.2 Å². The first-order valence-corrected chi connectivity index (χ1v) is 6.08. The Bertz CT molecular complexity index is 364. The van der Waals surface area contributed by atoms with Gasteiger partial charge in [0.25, 0.3) is 0 Å². The zero-order valence-electron chi connectivity index (χ0n) is 9.56. The Balaban J connectivity index is 2.02. The second-order valence-corrected chi connectivity index (χ2v) is 4.44. The number of rotatable bonds is 2. The van der Waals surface area contributed by atoms with Crippen LogP contribution in [0.25, 0.3) is 0 Å². The minimum absolute atomic E-state index is 0.229. The van der Waals surface area contributed by atoms with Gasteiger partial charge in [0.05, 0.1) is 0 Å². The number of ketones is 1. The van der Waals surface area contributed by atoms with Crippen LogP contribution in [0.5, 0.6) is 0 Å². The number of hydrogen-bond donors (Lipinski definition) is 0. The van der Waals surface area contributed by atoms with Crippen molar-refractivity contribution in [2.75, 3.05) is 0 Å². The van der Waals surface area contributed by atoms with Crippen molar-refractivity contribution in [1.29, 1.82) is 0 Å². The molecule has 0 radical (unpaired) electrons. The van der Waals surface area contributed by atoms with E-state index in [1.807, 2.05) is 18.2 Å². The molecular formula is C15H18O. The van der Waals surface area contributed by atoms with Crippen molar-refractivity contribution in [3.05, 3.63) is 48.0 Å². The molecule has 1 aromatic rings. The van der Waals surface area contributed by atoms with E-state index in [0.29, 0.717) is 12.2 Å². The molecule has 1 aliphatic carbocycles. The molecule has 1 nitrogen and oxygen atoms in total. The SMILES string of the molecule is O=C1CC/C=C/CC[C@H]1Cc1ccccc1. The Kier molecular flexibility index (Phi) is 3.92. The topological polar surface area (TPSA) is 17.1 Å². The Morgan fingerprint density at radius 3 is 2.62 bits per heavy atom. The van der Waals surface area contributed by atoms with Crippen LogP contribution in [0.2, 0.25) is 0 Å². The molecule has 0 aromatic heterocycles. The third kappa shape index (κ3) is 3.06. The zero-order chi connectivity index (χ0) is 11.2. The van der Waals surface area contributed by atoms with Crippen molar-refractivity contribution >= 4 is 5.78 Å². The average Bonchev–Trinajstić information content (AvgIpc) is 2.30. The van der Waals surface area contributed by atoms with Crippen molar-refractivity contribution in [2.24, 2.45) is 5.92 Å². The molecule has 2 rings (SSSR count). The molecule has 0 aliphatic heterocycles. The molecule has 84 valence electrons. The van der Waals surface area contributed by atoms with Gasteiger partial charge in [-0.1, -0.05) is 42.5 Å². The van der Waals surface area contributed by atoms with Crippen LogP contribution in [-0.2, 0) is 11.2 Å². The Morgan fingerprint density at radius 2 is 1.81 bits per heavy atom. The fourth-order valence-corrected chi connectivity index (χ4v) is 2.24. The van der Waals surface area contributed by atoms with E-state index in [1.165, 1.54) is 5.56 Å². The minimum Gasteiger partial charge on any atom is -0.299 e. The number of carbonyl (C=O) groups is 1. The fourth-order valence-electron chi connectivity index (χ4n) is 2.24. The normalized spacial score (nSPS) is 23.5. The van der Waals surface area contributed by atoms with Crippen LogP contribution in [0, 0.1) is 5.92 Å². The van der Waals surface area contributed by atoms with Gasteiger partial charge in [-0.2, -0.15) is 0 Å². The maximum Gasteiger partial charge on any atom is 0.136 e. The van der Waals surface area contributed by atoms with Gasteiger partial charge in [-0.3, -0.25) is 4.79 Å². The monoisotopic (exact) mass is 214 g/mol. The second kappa shape index (κ2) is 5.64. The summed E-state index contributed by atoms with van der Waals surface area (Å²) in [6, 6.07) is 10.3. The van der Waals surface area contributed by atoms with Gasteiger partial charge in [0, 0.05) is 12.3 Å². The summed E-state index contributed by atoms with van der Waals surface area (Å²) in [6.45, 7) is 0. The first-order valence-electron chi connectivity index (χ1n) is 6.08. The zero-order valence-corrected chi connectivity index (χ0v) is 9.56. The molecule has 16 heavy (non-hydrogen) atoms. The molecule has 0 amide bonds. The smallest absolute Gasteiger partial charge is 0.136 e. The highest BCUT2D eigenvalue weighted by Gasteiger charge is 2.18. The van der Waals surface area contributed by atoms with E-state index < -0.39 is 0 Å². The van der Waals surface area contributed by atoms with E-state index in [-0.39, 0.29) is 5.92 Å². The molecule has 1 aliphatic rings. The van der Waals surface area contributed by atoms with E-state index in [9.17, 15) is 4.79 Å². The van der Waals surface area contributed by atoms with Gasteiger partial charge in [-0.25, -0.2) is 0 Å².